The fraction of sp³-hybridized carbons (Fsp3) is 0.429. The van der Waals surface area contributed by atoms with Gasteiger partial charge in [-0.2, -0.15) is 0 Å². The van der Waals surface area contributed by atoms with E-state index in [-0.39, 0.29) is 24.3 Å². The zero-order valence-corrected chi connectivity index (χ0v) is 11.6. The predicted molar refractivity (Wildman–Crippen MR) is 69.2 cm³/mol. The van der Waals surface area contributed by atoms with Crippen LogP contribution in [0.15, 0.2) is 12.1 Å². The number of morpholine rings is 1. The van der Waals surface area contributed by atoms with Gasteiger partial charge in [0.2, 0.25) is 0 Å². The molecule has 114 valence electrons. The Labute approximate surface area is 120 Å². The van der Waals surface area contributed by atoms with Crippen molar-refractivity contribution in [2.24, 2.45) is 0 Å². The highest BCUT2D eigenvalue weighted by Crippen LogP contribution is 2.21. The van der Waals surface area contributed by atoms with Crippen LogP contribution in [0, 0.1) is 11.6 Å². The molecule has 5 nitrogen and oxygen atoms in total. The average Bonchev–Trinajstić information content (AvgIpc) is 2.43. The highest BCUT2D eigenvalue weighted by atomic mass is 19.2. The van der Waals surface area contributed by atoms with Crippen LogP contribution in [0.4, 0.5) is 8.78 Å². The lowest BCUT2D eigenvalue weighted by atomic mass is 10.0. The average molecular weight is 299 g/mol. The molecule has 0 aliphatic carbocycles. The summed E-state index contributed by atoms with van der Waals surface area (Å²) in [6.07, 6.45) is -0.205. The third kappa shape index (κ3) is 3.02. The number of aromatic carboxylic acids is 1. The Bertz CT molecular complexity index is 591. The van der Waals surface area contributed by atoms with Crippen molar-refractivity contribution in [2.75, 3.05) is 13.2 Å². The van der Waals surface area contributed by atoms with Crippen LogP contribution < -0.4 is 0 Å². The smallest absolute Gasteiger partial charge is 0.336 e. The van der Waals surface area contributed by atoms with Crippen LogP contribution >= 0.6 is 0 Å². The van der Waals surface area contributed by atoms with Gasteiger partial charge in [0.05, 0.1) is 29.9 Å². The quantitative estimate of drug-likeness (QED) is 0.906. The standard InChI is InChI=1S/C14H15F2NO4/c1-7-6-21-8(2)5-17(7)13(18)9-3-11(15)12(16)4-10(9)14(19)20/h3-4,7-8H,5-6H2,1-2H3,(H,19,20). The normalized spacial score (nSPS) is 22.2. The molecule has 7 heteroatoms. The Morgan fingerprint density at radius 3 is 2.38 bits per heavy atom. The van der Waals surface area contributed by atoms with Crippen molar-refractivity contribution < 1.29 is 28.2 Å². The summed E-state index contributed by atoms with van der Waals surface area (Å²) in [4.78, 5) is 25.0. The molecular formula is C14H15F2NO4. The molecule has 0 saturated carbocycles. The summed E-state index contributed by atoms with van der Waals surface area (Å²) < 4.78 is 31.9. The minimum absolute atomic E-state index is 0.205. The van der Waals surface area contributed by atoms with E-state index in [1.54, 1.807) is 13.8 Å². The Morgan fingerprint density at radius 2 is 1.81 bits per heavy atom. The number of benzene rings is 1. The summed E-state index contributed by atoms with van der Waals surface area (Å²) in [5, 5.41) is 9.06. The summed E-state index contributed by atoms with van der Waals surface area (Å²) in [5.41, 5.74) is -0.910. The van der Waals surface area contributed by atoms with Gasteiger partial charge < -0.3 is 14.7 Å². The second kappa shape index (κ2) is 5.77. The number of hydrogen-bond acceptors (Lipinski definition) is 3. The molecule has 21 heavy (non-hydrogen) atoms. The molecule has 0 spiro atoms. The van der Waals surface area contributed by atoms with Crippen LogP contribution in [0.1, 0.15) is 34.6 Å². The first kappa shape index (κ1) is 15.4. The number of ether oxygens (including phenoxy) is 1. The highest BCUT2D eigenvalue weighted by molar-refractivity contribution is 6.05. The van der Waals surface area contributed by atoms with Gasteiger partial charge in [-0.25, -0.2) is 13.6 Å². The van der Waals surface area contributed by atoms with Gasteiger partial charge in [0.25, 0.3) is 5.91 Å². The van der Waals surface area contributed by atoms with Gasteiger partial charge in [-0.05, 0) is 26.0 Å². The van der Waals surface area contributed by atoms with Gasteiger partial charge in [0.15, 0.2) is 11.6 Å². The topological polar surface area (TPSA) is 66.8 Å². The molecule has 2 rings (SSSR count). The molecule has 0 radical (unpaired) electrons. The van der Waals surface area contributed by atoms with Crippen molar-refractivity contribution in [2.45, 2.75) is 26.0 Å². The summed E-state index contributed by atoms with van der Waals surface area (Å²) in [6.45, 7) is 4.08. The second-order valence-corrected chi connectivity index (χ2v) is 5.07. The van der Waals surface area contributed by atoms with Gasteiger partial charge in [0.1, 0.15) is 0 Å². The number of amides is 1. The van der Waals surface area contributed by atoms with Crippen LogP contribution in [0.5, 0.6) is 0 Å². The van der Waals surface area contributed by atoms with Crippen LogP contribution in [-0.2, 0) is 4.74 Å². The summed E-state index contributed by atoms with van der Waals surface area (Å²) >= 11 is 0. The lowest BCUT2D eigenvalue weighted by Crippen LogP contribution is -2.50. The Kier molecular flexibility index (Phi) is 4.22. The third-order valence-electron chi connectivity index (χ3n) is 3.39. The molecule has 1 aliphatic heterocycles. The maximum absolute atomic E-state index is 13.4. The number of hydrogen-bond donors (Lipinski definition) is 1. The lowest BCUT2D eigenvalue weighted by molar-refractivity contribution is -0.0387. The van der Waals surface area contributed by atoms with Crippen molar-refractivity contribution in [3.8, 4) is 0 Å². The highest BCUT2D eigenvalue weighted by Gasteiger charge is 2.31. The van der Waals surface area contributed by atoms with Crippen LogP contribution in [0.25, 0.3) is 0 Å². The first-order chi connectivity index (χ1) is 9.81. The number of halogens is 2. The molecule has 0 aromatic heterocycles. The van der Waals surface area contributed by atoms with Crippen LogP contribution in [-0.4, -0.2) is 47.2 Å². The van der Waals surface area contributed by atoms with Gasteiger partial charge in [0, 0.05) is 6.54 Å². The van der Waals surface area contributed by atoms with Gasteiger partial charge >= 0.3 is 5.97 Å². The van der Waals surface area contributed by atoms with E-state index in [1.807, 2.05) is 0 Å². The van der Waals surface area contributed by atoms with Crippen molar-refractivity contribution in [3.63, 3.8) is 0 Å². The largest absolute Gasteiger partial charge is 0.478 e. The third-order valence-corrected chi connectivity index (χ3v) is 3.39. The van der Waals surface area contributed by atoms with Crippen LogP contribution in [0.2, 0.25) is 0 Å². The van der Waals surface area contributed by atoms with Gasteiger partial charge in [-0.1, -0.05) is 0 Å². The molecule has 2 atom stereocenters. The van der Waals surface area contributed by atoms with E-state index in [1.165, 1.54) is 4.90 Å². The first-order valence-electron chi connectivity index (χ1n) is 6.46. The summed E-state index contributed by atoms with van der Waals surface area (Å²) in [7, 11) is 0. The number of rotatable bonds is 2. The first-order valence-corrected chi connectivity index (χ1v) is 6.46. The predicted octanol–water partition coefficient (Wildman–Crippen LogP) is 1.91. The maximum Gasteiger partial charge on any atom is 0.336 e. The molecule has 1 amide bonds. The zero-order valence-electron chi connectivity index (χ0n) is 11.6. The van der Waals surface area contributed by atoms with E-state index in [2.05, 4.69) is 0 Å². The number of carboxylic acids is 1. The van der Waals surface area contributed by atoms with E-state index in [0.717, 1.165) is 0 Å². The second-order valence-electron chi connectivity index (χ2n) is 5.07. The summed E-state index contributed by atoms with van der Waals surface area (Å²) in [6, 6.07) is 0.886. The molecular weight excluding hydrogens is 284 g/mol. The molecule has 1 aromatic carbocycles. The molecule has 0 bridgehead atoms. The fourth-order valence-electron chi connectivity index (χ4n) is 2.24. The number of carbonyl (C=O) groups excluding carboxylic acids is 1. The molecule has 1 aromatic rings. The molecule has 1 heterocycles. The van der Waals surface area contributed by atoms with E-state index >= 15 is 0 Å². The lowest BCUT2D eigenvalue weighted by Gasteiger charge is -2.37. The van der Waals surface area contributed by atoms with Gasteiger partial charge in [-0.3, -0.25) is 4.79 Å². The maximum atomic E-state index is 13.4. The van der Waals surface area contributed by atoms with E-state index in [4.69, 9.17) is 9.84 Å². The van der Waals surface area contributed by atoms with Crippen molar-refractivity contribution in [3.05, 3.63) is 34.9 Å². The van der Waals surface area contributed by atoms with Crippen LogP contribution in [0.3, 0.4) is 0 Å². The summed E-state index contributed by atoms with van der Waals surface area (Å²) in [5.74, 6) is -4.68. The van der Waals surface area contributed by atoms with Crippen molar-refractivity contribution in [1.29, 1.82) is 0 Å². The van der Waals surface area contributed by atoms with Crippen molar-refractivity contribution >= 4 is 11.9 Å². The number of carbonyl (C=O) groups is 2. The number of carboxylic acid groups (broad SMARTS) is 1. The molecule has 1 N–H and O–H groups in total. The van der Waals surface area contributed by atoms with E-state index in [9.17, 15) is 18.4 Å². The monoisotopic (exact) mass is 299 g/mol. The van der Waals surface area contributed by atoms with Crippen molar-refractivity contribution in [1.82, 2.24) is 4.90 Å². The number of nitrogens with zero attached hydrogens (tertiary/aromatic N) is 1. The zero-order chi connectivity index (χ0) is 15.7. The van der Waals surface area contributed by atoms with E-state index in [0.29, 0.717) is 18.7 Å². The van der Waals surface area contributed by atoms with Gasteiger partial charge in [-0.15, -0.1) is 0 Å². The minimum atomic E-state index is -1.48. The minimum Gasteiger partial charge on any atom is -0.478 e. The van der Waals surface area contributed by atoms with E-state index < -0.39 is 29.1 Å². The Hall–Kier alpha value is -2.02. The fourth-order valence-corrected chi connectivity index (χ4v) is 2.24. The molecule has 1 saturated heterocycles. The molecule has 2 unspecified atom stereocenters. The molecule has 1 aliphatic rings. The Balaban J connectivity index is 2.42. The SMILES string of the molecule is CC1CN(C(=O)c2cc(F)c(F)cc2C(=O)O)C(C)CO1. The Morgan fingerprint density at radius 1 is 1.24 bits per heavy atom. The molecule has 1 fully saturated rings.